The summed E-state index contributed by atoms with van der Waals surface area (Å²) in [6.07, 6.45) is 0. The number of aromatic nitrogens is 3. The summed E-state index contributed by atoms with van der Waals surface area (Å²) in [5.74, 6) is 1.73. The molecule has 0 fully saturated rings. The fraction of sp³-hybridized carbons (Fsp3) is 0.211. The minimum Gasteiger partial charge on any atom is -0.497 e. The second-order valence-electron chi connectivity index (χ2n) is 5.90. The van der Waals surface area contributed by atoms with Crippen LogP contribution >= 0.6 is 35.0 Å². The second-order valence-corrected chi connectivity index (χ2v) is 7.65. The fourth-order valence-corrected chi connectivity index (χ4v) is 3.56. The van der Waals surface area contributed by atoms with E-state index < -0.39 is 0 Å². The van der Waals surface area contributed by atoms with Gasteiger partial charge in [0.25, 0.3) is 0 Å². The minimum absolute atomic E-state index is 0.147. The van der Waals surface area contributed by atoms with Crippen molar-refractivity contribution in [3.8, 4) is 22.9 Å². The molecule has 10 heteroatoms. The van der Waals surface area contributed by atoms with Gasteiger partial charge in [-0.3, -0.25) is 4.79 Å². The summed E-state index contributed by atoms with van der Waals surface area (Å²) in [5.41, 5.74) is 1.32. The van der Waals surface area contributed by atoms with Gasteiger partial charge in [0.2, 0.25) is 5.91 Å². The minimum atomic E-state index is -0.208. The average Bonchev–Trinajstić information content (AvgIpc) is 3.08. The van der Waals surface area contributed by atoms with Crippen molar-refractivity contribution in [2.75, 3.05) is 25.3 Å². The number of nitrogens with zero attached hydrogens (tertiary/aromatic N) is 3. The molecule has 0 spiro atoms. The van der Waals surface area contributed by atoms with Crippen LogP contribution in [-0.4, -0.2) is 40.6 Å². The summed E-state index contributed by atoms with van der Waals surface area (Å²) in [4.78, 5) is 12.4. The zero-order valence-electron chi connectivity index (χ0n) is 15.9. The molecule has 0 aliphatic heterocycles. The van der Waals surface area contributed by atoms with Gasteiger partial charge >= 0.3 is 0 Å². The molecule has 0 saturated carbocycles. The van der Waals surface area contributed by atoms with E-state index in [1.54, 1.807) is 42.0 Å². The molecule has 29 heavy (non-hydrogen) atoms. The van der Waals surface area contributed by atoms with Gasteiger partial charge in [0.05, 0.1) is 35.7 Å². The van der Waals surface area contributed by atoms with E-state index >= 15 is 0 Å². The Morgan fingerprint density at radius 2 is 1.90 bits per heavy atom. The first-order valence-electron chi connectivity index (χ1n) is 8.42. The van der Waals surface area contributed by atoms with Gasteiger partial charge in [0.1, 0.15) is 11.5 Å². The van der Waals surface area contributed by atoms with Crippen LogP contribution in [0, 0.1) is 0 Å². The number of methoxy groups -OCH3 is 2. The molecule has 1 heterocycles. The number of thioether (sulfide) groups is 1. The molecule has 3 rings (SSSR count). The van der Waals surface area contributed by atoms with Crippen LogP contribution < -0.4 is 14.8 Å². The van der Waals surface area contributed by atoms with Crippen LogP contribution in [0.2, 0.25) is 10.0 Å². The second kappa shape index (κ2) is 9.39. The predicted molar refractivity (Wildman–Crippen MR) is 115 cm³/mol. The lowest BCUT2D eigenvalue weighted by Crippen LogP contribution is -2.15. The molecule has 1 amide bonds. The maximum atomic E-state index is 12.4. The number of benzene rings is 2. The fourth-order valence-electron chi connectivity index (χ4n) is 2.56. The highest BCUT2D eigenvalue weighted by Gasteiger charge is 2.15. The summed E-state index contributed by atoms with van der Waals surface area (Å²) < 4.78 is 12.3. The van der Waals surface area contributed by atoms with Gasteiger partial charge in [-0.05, 0) is 30.3 Å². The molecule has 2 aromatic carbocycles. The Morgan fingerprint density at radius 3 is 2.59 bits per heavy atom. The number of anilines is 1. The Hall–Kier alpha value is -2.42. The predicted octanol–water partition coefficient (Wildman–Crippen LogP) is 4.54. The number of carbonyl (C=O) groups excluding carboxylic acids is 1. The van der Waals surface area contributed by atoms with E-state index in [1.807, 2.05) is 13.1 Å². The lowest BCUT2D eigenvalue weighted by molar-refractivity contribution is -0.113. The van der Waals surface area contributed by atoms with E-state index in [2.05, 4.69) is 15.5 Å². The standard InChI is InChI=1S/C19H18Cl2N4O3S/c1-25-18(11-4-6-13(20)14(21)8-11)23-24-19(25)29-10-17(26)22-15-9-12(27-2)5-7-16(15)28-3/h4-9H,10H2,1-3H3,(H,22,26). The summed E-state index contributed by atoms with van der Waals surface area (Å²) in [5, 5.41) is 12.7. The molecule has 0 unspecified atom stereocenters. The molecule has 0 atom stereocenters. The maximum absolute atomic E-state index is 12.4. The highest BCUT2D eigenvalue weighted by Crippen LogP contribution is 2.30. The number of hydrogen-bond donors (Lipinski definition) is 1. The van der Waals surface area contributed by atoms with Crippen LogP contribution in [0.5, 0.6) is 11.5 Å². The van der Waals surface area contributed by atoms with Crippen molar-refractivity contribution in [3.05, 3.63) is 46.4 Å². The van der Waals surface area contributed by atoms with Crippen molar-refractivity contribution in [1.82, 2.24) is 14.8 Å². The zero-order valence-corrected chi connectivity index (χ0v) is 18.2. The smallest absolute Gasteiger partial charge is 0.234 e. The van der Waals surface area contributed by atoms with E-state index in [1.165, 1.54) is 18.9 Å². The van der Waals surface area contributed by atoms with Crippen molar-refractivity contribution in [1.29, 1.82) is 0 Å². The quantitative estimate of drug-likeness (QED) is 0.530. The Kier molecular flexibility index (Phi) is 6.89. The van der Waals surface area contributed by atoms with Gasteiger partial charge in [-0.1, -0.05) is 35.0 Å². The van der Waals surface area contributed by atoms with Crippen LogP contribution in [0.1, 0.15) is 0 Å². The number of nitrogens with one attached hydrogen (secondary N) is 1. The van der Waals surface area contributed by atoms with Crippen LogP contribution in [0.25, 0.3) is 11.4 Å². The van der Waals surface area contributed by atoms with Gasteiger partial charge in [-0.15, -0.1) is 10.2 Å². The van der Waals surface area contributed by atoms with E-state index in [9.17, 15) is 4.79 Å². The first kappa shape index (κ1) is 21.3. The Bertz CT molecular complexity index is 1040. The lowest BCUT2D eigenvalue weighted by atomic mass is 10.2. The number of hydrogen-bond acceptors (Lipinski definition) is 6. The number of amides is 1. The average molecular weight is 453 g/mol. The summed E-state index contributed by atoms with van der Waals surface area (Å²) in [6.45, 7) is 0. The molecule has 1 N–H and O–H groups in total. The third-order valence-electron chi connectivity index (χ3n) is 4.03. The highest BCUT2D eigenvalue weighted by molar-refractivity contribution is 7.99. The molecule has 0 bridgehead atoms. The Balaban J connectivity index is 1.68. The molecular weight excluding hydrogens is 435 g/mol. The SMILES string of the molecule is COc1ccc(OC)c(NC(=O)CSc2nnc(-c3ccc(Cl)c(Cl)c3)n2C)c1. The van der Waals surface area contributed by atoms with Crippen molar-refractivity contribution in [3.63, 3.8) is 0 Å². The van der Waals surface area contributed by atoms with Gasteiger partial charge < -0.3 is 19.4 Å². The molecule has 0 radical (unpaired) electrons. The lowest BCUT2D eigenvalue weighted by Gasteiger charge is -2.11. The molecule has 152 valence electrons. The van der Waals surface area contributed by atoms with Crippen LogP contribution in [-0.2, 0) is 11.8 Å². The monoisotopic (exact) mass is 452 g/mol. The molecule has 0 saturated heterocycles. The van der Waals surface area contributed by atoms with Crippen molar-refractivity contribution >= 4 is 46.6 Å². The highest BCUT2D eigenvalue weighted by atomic mass is 35.5. The third-order valence-corrected chi connectivity index (χ3v) is 5.79. The summed E-state index contributed by atoms with van der Waals surface area (Å²) >= 11 is 13.3. The van der Waals surface area contributed by atoms with Gasteiger partial charge in [0.15, 0.2) is 11.0 Å². The molecular formula is C19H18Cl2N4O3S. The topological polar surface area (TPSA) is 78.3 Å². The molecule has 0 aliphatic carbocycles. The largest absolute Gasteiger partial charge is 0.497 e. The molecule has 7 nitrogen and oxygen atoms in total. The molecule has 0 aliphatic rings. The molecule has 3 aromatic rings. The first-order valence-corrected chi connectivity index (χ1v) is 10.2. The van der Waals surface area contributed by atoms with E-state index in [4.69, 9.17) is 32.7 Å². The van der Waals surface area contributed by atoms with Crippen LogP contribution in [0.15, 0.2) is 41.6 Å². The number of ether oxygens (including phenoxy) is 2. The number of carbonyl (C=O) groups is 1. The van der Waals surface area contributed by atoms with Gasteiger partial charge in [0, 0.05) is 18.7 Å². The van der Waals surface area contributed by atoms with E-state index in [0.29, 0.717) is 38.2 Å². The first-order chi connectivity index (χ1) is 13.9. The normalized spacial score (nSPS) is 10.7. The van der Waals surface area contributed by atoms with Crippen LogP contribution in [0.4, 0.5) is 5.69 Å². The van der Waals surface area contributed by atoms with Gasteiger partial charge in [-0.2, -0.15) is 0 Å². The zero-order chi connectivity index (χ0) is 21.0. The molecule has 1 aromatic heterocycles. The van der Waals surface area contributed by atoms with Crippen molar-refractivity contribution < 1.29 is 14.3 Å². The summed E-state index contributed by atoms with van der Waals surface area (Å²) in [7, 11) is 4.92. The maximum Gasteiger partial charge on any atom is 0.234 e. The van der Waals surface area contributed by atoms with Crippen LogP contribution in [0.3, 0.4) is 0 Å². The number of halogens is 2. The van der Waals surface area contributed by atoms with Gasteiger partial charge in [-0.25, -0.2) is 0 Å². The Morgan fingerprint density at radius 1 is 1.10 bits per heavy atom. The van der Waals surface area contributed by atoms with E-state index in [0.717, 1.165) is 5.56 Å². The number of rotatable bonds is 7. The van der Waals surface area contributed by atoms with Crippen molar-refractivity contribution in [2.45, 2.75) is 5.16 Å². The van der Waals surface area contributed by atoms with Crippen molar-refractivity contribution in [2.24, 2.45) is 7.05 Å². The summed E-state index contributed by atoms with van der Waals surface area (Å²) in [6, 6.07) is 10.4. The third kappa shape index (κ3) is 4.95. The van der Waals surface area contributed by atoms with E-state index in [-0.39, 0.29) is 11.7 Å². The Labute approximate surface area is 182 Å².